The summed E-state index contributed by atoms with van der Waals surface area (Å²) in [5.74, 6) is -0.914. The van der Waals surface area contributed by atoms with E-state index in [-0.39, 0.29) is 5.56 Å². The van der Waals surface area contributed by atoms with Crippen molar-refractivity contribution in [1.29, 1.82) is 0 Å². The van der Waals surface area contributed by atoms with Gasteiger partial charge in [-0.15, -0.1) is 0 Å². The summed E-state index contributed by atoms with van der Waals surface area (Å²) in [6, 6.07) is 15.0. The fraction of sp³-hybridized carbons (Fsp3) is 0.235. The number of carbonyl (C=O) groups is 1. The molecule has 0 saturated heterocycles. The van der Waals surface area contributed by atoms with E-state index in [0.29, 0.717) is 6.54 Å². The van der Waals surface area contributed by atoms with Gasteiger partial charge in [0.15, 0.2) is 0 Å². The van der Waals surface area contributed by atoms with Gasteiger partial charge in [-0.05, 0) is 42.5 Å². The van der Waals surface area contributed by atoms with Crippen LogP contribution >= 0.6 is 0 Å². The highest BCUT2D eigenvalue weighted by atomic mass is 16.4. The van der Waals surface area contributed by atoms with Gasteiger partial charge in [0, 0.05) is 44.2 Å². The largest absolute Gasteiger partial charge is 0.478 e. The fourth-order valence-electron chi connectivity index (χ4n) is 2.05. The molecule has 0 radical (unpaired) electrons. The lowest BCUT2D eigenvalue weighted by Gasteiger charge is -2.13. The molecule has 0 aromatic heterocycles. The molecule has 3 N–H and O–H groups in total. The highest BCUT2D eigenvalue weighted by Crippen LogP contribution is 2.15. The molecule has 0 unspecified atom stereocenters. The summed E-state index contributed by atoms with van der Waals surface area (Å²) in [6.45, 7) is 1.46. The fourth-order valence-corrected chi connectivity index (χ4v) is 2.05. The number of nitrogens with zero attached hydrogens (tertiary/aromatic N) is 1. The van der Waals surface area contributed by atoms with Crippen molar-refractivity contribution in [1.82, 2.24) is 0 Å². The summed E-state index contributed by atoms with van der Waals surface area (Å²) < 4.78 is 0. The third-order valence-electron chi connectivity index (χ3n) is 3.28. The molecule has 0 aliphatic carbocycles. The van der Waals surface area contributed by atoms with Gasteiger partial charge in [0.1, 0.15) is 0 Å². The van der Waals surface area contributed by atoms with Crippen LogP contribution in [0.4, 0.5) is 17.1 Å². The molecular weight excluding hydrogens is 278 g/mol. The summed E-state index contributed by atoms with van der Waals surface area (Å²) in [7, 11) is 4.02. The Bertz CT molecular complexity index is 624. The maximum Gasteiger partial charge on any atom is 0.335 e. The van der Waals surface area contributed by atoms with Crippen molar-refractivity contribution in [3.05, 3.63) is 54.1 Å². The van der Waals surface area contributed by atoms with Crippen molar-refractivity contribution in [2.24, 2.45) is 0 Å². The van der Waals surface area contributed by atoms with E-state index < -0.39 is 5.97 Å². The monoisotopic (exact) mass is 299 g/mol. The van der Waals surface area contributed by atoms with Gasteiger partial charge in [-0.25, -0.2) is 4.79 Å². The van der Waals surface area contributed by atoms with Gasteiger partial charge >= 0.3 is 5.97 Å². The molecule has 0 atom stereocenters. The van der Waals surface area contributed by atoms with Crippen molar-refractivity contribution in [2.45, 2.75) is 0 Å². The standard InChI is InChI=1S/C17H21N3O2/c1-20(2)16-8-6-14(7-9-16)18-10-11-19-15-5-3-4-13(12-15)17(21)22/h3-9,12,18-19H,10-11H2,1-2H3,(H,21,22). The molecule has 116 valence electrons. The second-order valence-corrected chi connectivity index (χ2v) is 5.18. The SMILES string of the molecule is CN(C)c1ccc(NCCNc2cccc(C(=O)O)c2)cc1. The molecule has 0 aliphatic heterocycles. The van der Waals surface area contributed by atoms with Crippen LogP contribution in [0.15, 0.2) is 48.5 Å². The normalized spacial score (nSPS) is 10.1. The number of rotatable bonds is 7. The maximum atomic E-state index is 10.9. The third-order valence-corrected chi connectivity index (χ3v) is 3.28. The van der Waals surface area contributed by atoms with Crippen LogP contribution in [0.2, 0.25) is 0 Å². The molecule has 5 nitrogen and oxygen atoms in total. The quantitative estimate of drug-likeness (QED) is 0.686. The lowest BCUT2D eigenvalue weighted by Crippen LogP contribution is -2.14. The number of aromatic carboxylic acids is 1. The first-order valence-corrected chi connectivity index (χ1v) is 7.15. The minimum Gasteiger partial charge on any atom is -0.478 e. The topological polar surface area (TPSA) is 64.6 Å². The molecule has 2 aromatic rings. The summed E-state index contributed by atoms with van der Waals surface area (Å²) in [4.78, 5) is 13.0. The van der Waals surface area contributed by atoms with Crippen LogP contribution in [0.3, 0.4) is 0 Å². The molecule has 0 bridgehead atoms. The van der Waals surface area contributed by atoms with Crippen LogP contribution in [0, 0.1) is 0 Å². The summed E-state index contributed by atoms with van der Waals surface area (Å²) in [5, 5.41) is 15.5. The van der Waals surface area contributed by atoms with Gasteiger partial charge in [0.05, 0.1) is 5.56 Å². The molecule has 0 amide bonds. The zero-order chi connectivity index (χ0) is 15.9. The molecule has 0 spiro atoms. The lowest BCUT2D eigenvalue weighted by atomic mass is 10.2. The van der Waals surface area contributed by atoms with Gasteiger partial charge in [0.2, 0.25) is 0 Å². The summed E-state index contributed by atoms with van der Waals surface area (Å²) in [5.41, 5.74) is 3.32. The zero-order valence-electron chi connectivity index (χ0n) is 12.8. The van der Waals surface area contributed by atoms with E-state index in [1.807, 2.05) is 32.3 Å². The number of hydrogen-bond acceptors (Lipinski definition) is 4. The average Bonchev–Trinajstić information content (AvgIpc) is 2.52. The third kappa shape index (κ3) is 4.41. The second-order valence-electron chi connectivity index (χ2n) is 5.18. The van der Waals surface area contributed by atoms with Crippen LogP contribution in [0.25, 0.3) is 0 Å². The zero-order valence-corrected chi connectivity index (χ0v) is 12.8. The van der Waals surface area contributed by atoms with Crippen molar-refractivity contribution < 1.29 is 9.90 Å². The van der Waals surface area contributed by atoms with Crippen LogP contribution in [-0.2, 0) is 0 Å². The summed E-state index contributed by atoms with van der Waals surface area (Å²) >= 11 is 0. The molecule has 2 aromatic carbocycles. The van der Waals surface area contributed by atoms with E-state index in [4.69, 9.17) is 5.11 Å². The lowest BCUT2D eigenvalue weighted by molar-refractivity contribution is 0.0697. The van der Waals surface area contributed by atoms with E-state index in [0.717, 1.165) is 23.6 Å². The van der Waals surface area contributed by atoms with E-state index in [2.05, 4.69) is 27.7 Å². The van der Waals surface area contributed by atoms with Crippen molar-refractivity contribution in [3.8, 4) is 0 Å². The van der Waals surface area contributed by atoms with E-state index in [9.17, 15) is 4.79 Å². The smallest absolute Gasteiger partial charge is 0.335 e. The van der Waals surface area contributed by atoms with Gasteiger partial charge in [0.25, 0.3) is 0 Å². The van der Waals surface area contributed by atoms with Crippen LogP contribution in [0.5, 0.6) is 0 Å². The van der Waals surface area contributed by atoms with E-state index in [1.54, 1.807) is 18.2 Å². The van der Waals surface area contributed by atoms with Crippen molar-refractivity contribution in [2.75, 3.05) is 42.7 Å². The van der Waals surface area contributed by atoms with Gasteiger partial charge in [-0.1, -0.05) is 6.07 Å². The van der Waals surface area contributed by atoms with Crippen LogP contribution in [-0.4, -0.2) is 38.3 Å². The second kappa shape index (κ2) is 7.36. The van der Waals surface area contributed by atoms with Gasteiger partial charge in [-0.3, -0.25) is 0 Å². The first-order valence-electron chi connectivity index (χ1n) is 7.15. The number of carboxylic acid groups (broad SMARTS) is 1. The Balaban J connectivity index is 1.79. The van der Waals surface area contributed by atoms with Crippen LogP contribution in [0.1, 0.15) is 10.4 Å². The Labute approximate surface area is 130 Å². The minimum atomic E-state index is -0.914. The van der Waals surface area contributed by atoms with E-state index >= 15 is 0 Å². The molecular formula is C17H21N3O2. The first-order chi connectivity index (χ1) is 10.6. The number of anilines is 3. The molecule has 0 heterocycles. The molecule has 0 aliphatic rings. The Morgan fingerprint density at radius 2 is 1.64 bits per heavy atom. The number of nitrogens with one attached hydrogen (secondary N) is 2. The molecule has 22 heavy (non-hydrogen) atoms. The Hall–Kier alpha value is -2.69. The molecule has 0 fully saturated rings. The Morgan fingerprint density at radius 1 is 1.00 bits per heavy atom. The van der Waals surface area contributed by atoms with Crippen LogP contribution < -0.4 is 15.5 Å². The molecule has 2 rings (SSSR count). The highest BCUT2D eigenvalue weighted by molar-refractivity contribution is 5.88. The maximum absolute atomic E-state index is 10.9. The summed E-state index contributed by atoms with van der Waals surface area (Å²) in [6.07, 6.45) is 0. The predicted octanol–water partition coefficient (Wildman–Crippen LogP) is 2.97. The highest BCUT2D eigenvalue weighted by Gasteiger charge is 2.02. The number of hydrogen-bond donors (Lipinski definition) is 3. The number of carboxylic acids is 1. The van der Waals surface area contributed by atoms with Gasteiger partial charge < -0.3 is 20.6 Å². The van der Waals surface area contributed by atoms with Crippen molar-refractivity contribution in [3.63, 3.8) is 0 Å². The van der Waals surface area contributed by atoms with Crippen molar-refractivity contribution >= 4 is 23.0 Å². The molecule has 5 heteroatoms. The molecule has 0 saturated carbocycles. The predicted molar refractivity (Wildman–Crippen MR) is 91.1 cm³/mol. The minimum absolute atomic E-state index is 0.289. The Kier molecular flexibility index (Phi) is 5.25. The average molecular weight is 299 g/mol. The van der Waals surface area contributed by atoms with Gasteiger partial charge in [-0.2, -0.15) is 0 Å². The Morgan fingerprint density at radius 3 is 2.23 bits per heavy atom. The first kappa shape index (κ1) is 15.7. The number of benzene rings is 2. The van der Waals surface area contributed by atoms with E-state index in [1.165, 1.54) is 0 Å².